The lowest BCUT2D eigenvalue weighted by Gasteiger charge is -2.15. The molecule has 7 N–H and O–H groups in total. The molecule has 0 heterocycles. The van der Waals surface area contributed by atoms with Crippen LogP contribution in [0, 0.1) is 6.92 Å². The number of aromatic hydroxyl groups is 1. The Kier molecular flexibility index (Phi) is 14.1. The first-order chi connectivity index (χ1) is 25.6. The number of carbonyl (C=O) groups is 1. The number of anilines is 1. The van der Waals surface area contributed by atoms with Crippen molar-refractivity contribution in [3.63, 3.8) is 0 Å². The predicted octanol–water partition coefficient (Wildman–Crippen LogP) is 6.43. The number of benzene rings is 4. The molecule has 26 heteroatoms. The summed E-state index contributed by atoms with van der Waals surface area (Å²) < 4.78 is 85.1. The molecule has 0 amide bonds. The Labute approximate surface area is 313 Å². The fourth-order valence-electron chi connectivity index (χ4n) is 4.64. The van der Waals surface area contributed by atoms with E-state index in [1.54, 1.807) is 13.0 Å². The number of hydrogen-bond acceptors (Lipinski definition) is 22. The second-order valence-corrected chi connectivity index (χ2v) is 15.0. The molecule has 22 nitrogen and oxygen atoms in total. The number of carboxylic acids is 1. The summed E-state index contributed by atoms with van der Waals surface area (Å²) in [6, 6.07) is 7.69. The number of aromatic carboxylic acids is 1. The Morgan fingerprint density at radius 1 is 0.870 bits per heavy atom. The second-order valence-electron chi connectivity index (χ2n) is 10.2. The van der Waals surface area contributed by atoms with Gasteiger partial charge in [0.2, 0.25) is 0 Å². The standard InChI is InChI=1S/C28H27N5O17S4/c1-13-8-21(45-3)18(11-20(13)44-2)31-32-19-12-23(54(41,42)43)16-10-22(51-49-47-37)26(27(34)24(16)25(19)29)33-30-17-9-14(4-5-15(17)28(35)36)53(39,40)7-6-46-52-50-48-38/h4-5,8-12,34,37-38H,6-7,29H2,1-3H3,(H,35,36)(H,41,42,43). The van der Waals surface area contributed by atoms with E-state index in [0.29, 0.717) is 11.3 Å². The number of nitrogen functional groups attached to an aromatic ring is 1. The molecule has 4 rings (SSSR count). The molecule has 0 atom stereocenters. The first kappa shape index (κ1) is 42.0. The van der Waals surface area contributed by atoms with Gasteiger partial charge in [-0.15, -0.1) is 29.1 Å². The number of sulfone groups is 1. The van der Waals surface area contributed by atoms with Gasteiger partial charge in [-0.25, -0.2) is 23.7 Å². The quantitative estimate of drug-likeness (QED) is 0.0119. The Morgan fingerprint density at radius 2 is 1.54 bits per heavy atom. The first-order valence-electron chi connectivity index (χ1n) is 14.2. The predicted molar refractivity (Wildman–Crippen MR) is 187 cm³/mol. The Balaban J connectivity index is 1.93. The highest BCUT2D eigenvalue weighted by Gasteiger charge is 2.26. The number of fused-ring (bicyclic) bond motifs is 1. The fraction of sp³-hybridized carbons (Fsp3) is 0.179. The van der Waals surface area contributed by atoms with Crippen molar-refractivity contribution >= 4 is 89.5 Å². The number of ether oxygens (including phenoxy) is 2. The summed E-state index contributed by atoms with van der Waals surface area (Å²) in [6.45, 7) is 1.28. The van der Waals surface area contributed by atoms with Crippen molar-refractivity contribution in [2.24, 2.45) is 20.5 Å². The third kappa shape index (κ3) is 9.68. The second kappa shape index (κ2) is 18.1. The Morgan fingerprint density at radius 3 is 2.17 bits per heavy atom. The molecule has 0 aliphatic rings. The van der Waals surface area contributed by atoms with Crippen LogP contribution in [-0.2, 0) is 42.9 Å². The molecule has 0 bridgehead atoms. The van der Waals surface area contributed by atoms with Gasteiger partial charge in [-0.1, -0.05) is 10.1 Å². The smallest absolute Gasteiger partial charge is 0.337 e. The zero-order valence-corrected chi connectivity index (χ0v) is 30.9. The molecule has 0 saturated heterocycles. The zero-order valence-electron chi connectivity index (χ0n) is 27.6. The van der Waals surface area contributed by atoms with E-state index in [4.69, 9.17) is 29.9 Å². The van der Waals surface area contributed by atoms with Gasteiger partial charge in [-0.3, -0.25) is 8.74 Å². The lowest BCUT2D eigenvalue weighted by Crippen LogP contribution is -2.11. The van der Waals surface area contributed by atoms with Gasteiger partial charge in [-0.05, 0) is 48.9 Å². The van der Waals surface area contributed by atoms with E-state index in [9.17, 15) is 36.4 Å². The van der Waals surface area contributed by atoms with E-state index in [1.807, 2.05) is 0 Å². The maximum absolute atomic E-state index is 12.9. The molecule has 0 radical (unpaired) electrons. The average Bonchev–Trinajstić information content (AvgIpc) is 3.12. The highest BCUT2D eigenvalue weighted by Crippen LogP contribution is 2.50. The van der Waals surface area contributed by atoms with Crippen molar-refractivity contribution < 1.29 is 79.3 Å². The lowest BCUT2D eigenvalue weighted by atomic mass is 10.0. The normalized spacial score (nSPS) is 12.3. The molecule has 0 fully saturated rings. The number of nitrogens with zero attached hydrogens (tertiary/aromatic N) is 4. The highest BCUT2D eigenvalue weighted by molar-refractivity contribution is 7.94. The van der Waals surface area contributed by atoms with Crippen molar-refractivity contribution in [1.29, 1.82) is 0 Å². The van der Waals surface area contributed by atoms with E-state index in [0.717, 1.165) is 30.3 Å². The minimum Gasteiger partial charge on any atom is -0.505 e. The largest absolute Gasteiger partial charge is 0.505 e. The van der Waals surface area contributed by atoms with Crippen LogP contribution in [-0.4, -0.2) is 74.7 Å². The summed E-state index contributed by atoms with van der Waals surface area (Å²) in [7, 11) is -6.47. The SMILES string of the molecule is COc1cc(N=Nc2cc(S(=O)(=O)O)c3cc(SOOO)c(N=Nc4cc(S(=O)(=O)CCOSOOO)ccc4C(=O)O)c(O)c3c2N)c(OC)cc1C. The van der Waals surface area contributed by atoms with Gasteiger partial charge < -0.3 is 25.4 Å². The maximum Gasteiger partial charge on any atom is 0.337 e. The van der Waals surface area contributed by atoms with Crippen LogP contribution in [0.5, 0.6) is 17.2 Å². The van der Waals surface area contributed by atoms with Crippen molar-refractivity contribution in [3.05, 3.63) is 53.6 Å². The van der Waals surface area contributed by atoms with Gasteiger partial charge >= 0.3 is 5.97 Å². The summed E-state index contributed by atoms with van der Waals surface area (Å²) in [5.74, 6) is -2.48. The molecular weight excluding hydrogens is 807 g/mol. The molecule has 0 saturated carbocycles. The minimum atomic E-state index is -5.10. The fourth-order valence-corrected chi connectivity index (χ4v) is 7.25. The van der Waals surface area contributed by atoms with E-state index >= 15 is 0 Å². The minimum absolute atomic E-state index is 0.120. The molecular formula is C28H27N5O17S4. The molecule has 290 valence electrons. The van der Waals surface area contributed by atoms with E-state index in [1.165, 1.54) is 20.3 Å². The molecule has 0 unspecified atom stereocenters. The molecule has 0 spiro atoms. The van der Waals surface area contributed by atoms with Crippen LogP contribution in [0.1, 0.15) is 15.9 Å². The van der Waals surface area contributed by atoms with Crippen molar-refractivity contribution in [2.75, 3.05) is 32.3 Å². The van der Waals surface area contributed by atoms with Crippen LogP contribution in [0.3, 0.4) is 0 Å². The van der Waals surface area contributed by atoms with Gasteiger partial charge in [0.25, 0.3) is 10.1 Å². The van der Waals surface area contributed by atoms with Gasteiger partial charge in [0, 0.05) is 11.5 Å². The van der Waals surface area contributed by atoms with Gasteiger partial charge in [0.15, 0.2) is 27.9 Å². The third-order valence-electron chi connectivity index (χ3n) is 7.07. The van der Waals surface area contributed by atoms with E-state index in [-0.39, 0.29) is 46.4 Å². The summed E-state index contributed by atoms with van der Waals surface area (Å²) in [5.41, 5.74) is 4.72. The van der Waals surface area contributed by atoms with Crippen molar-refractivity contribution in [3.8, 4) is 17.2 Å². The number of azo groups is 2. The Bertz CT molecular complexity index is 2340. The number of methoxy groups -OCH3 is 2. The zero-order chi connectivity index (χ0) is 39.8. The van der Waals surface area contributed by atoms with Gasteiger partial charge in [0.05, 0.1) is 65.1 Å². The van der Waals surface area contributed by atoms with Crippen LogP contribution in [0.15, 0.2) is 77.6 Å². The van der Waals surface area contributed by atoms with Crippen LogP contribution in [0.25, 0.3) is 10.8 Å². The summed E-state index contributed by atoms with van der Waals surface area (Å²) in [6.07, 6.45) is 0. The van der Waals surface area contributed by atoms with Crippen LogP contribution in [0.2, 0.25) is 0 Å². The number of nitrogens with two attached hydrogens (primary N) is 1. The van der Waals surface area contributed by atoms with Crippen molar-refractivity contribution in [2.45, 2.75) is 21.6 Å². The number of rotatable bonds is 18. The number of phenols is 1. The Hall–Kier alpha value is -4.71. The number of phenolic OH excluding ortho intramolecular Hbond substituents is 1. The van der Waals surface area contributed by atoms with Crippen LogP contribution >= 0.6 is 24.4 Å². The topological polar surface area (TPSA) is 327 Å². The average molecular weight is 834 g/mol. The third-order valence-corrected chi connectivity index (χ3v) is 10.6. The van der Waals surface area contributed by atoms with Crippen LogP contribution in [0.4, 0.5) is 28.4 Å². The molecule has 0 aromatic heterocycles. The van der Waals surface area contributed by atoms with Crippen molar-refractivity contribution in [1.82, 2.24) is 0 Å². The van der Waals surface area contributed by atoms with Gasteiger partial charge in [-0.2, -0.15) is 8.42 Å². The number of hydrogen-bond donors (Lipinski definition) is 6. The number of carboxylic acid groups (broad SMARTS) is 1. The summed E-state index contributed by atoms with van der Waals surface area (Å²) >= 11 is 0.292. The summed E-state index contributed by atoms with van der Waals surface area (Å²) in [4.78, 5) is 10.4. The molecule has 54 heavy (non-hydrogen) atoms. The van der Waals surface area contributed by atoms with Crippen LogP contribution < -0.4 is 15.2 Å². The van der Waals surface area contributed by atoms with E-state index < -0.39 is 87.2 Å². The molecule has 4 aromatic rings. The molecule has 0 aliphatic carbocycles. The maximum atomic E-state index is 12.9. The highest BCUT2D eigenvalue weighted by atomic mass is 32.2. The lowest BCUT2D eigenvalue weighted by molar-refractivity contribution is -0.434. The first-order valence-corrected chi connectivity index (χ1v) is 18.7. The van der Waals surface area contributed by atoms with Gasteiger partial charge in [0.1, 0.15) is 39.1 Å². The monoisotopic (exact) mass is 833 g/mol. The molecule has 4 aromatic carbocycles. The number of aryl methyl sites for hydroxylation is 1. The summed E-state index contributed by atoms with van der Waals surface area (Å²) in [5, 5.41) is 60.1. The van der Waals surface area contributed by atoms with E-state index in [2.05, 4.69) is 39.2 Å². The molecule has 0 aliphatic heterocycles.